The summed E-state index contributed by atoms with van der Waals surface area (Å²) in [5.41, 5.74) is 2.93. The number of thiazole rings is 1. The van der Waals surface area contributed by atoms with Crippen molar-refractivity contribution >= 4 is 28.1 Å². The third-order valence-electron chi connectivity index (χ3n) is 4.45. The van der Waals surface area contributed by atoms with E-state index in [1.165, 1.54) is 35.6 Å². The Hall–Kier alpha value is -3.39. The van der Waals surface area contributed by atoms with Crippen LogP contribution in [-0.2, 0) is 11.2 Å². The predicted octanol–water partition coefficient (Wildman–Crippen LogP) is 6.16. The van der Waals surface area contributed by atoms with E-state index in [0.717, 1.165) is 21.9 Å². The molecule has 30 heavy (non-hydrogen) atoms. The highest BCUT2D eigenvalue weighted by atomic mass is 32.1. The topological polar surface area (TPSA) is 59.4 Å². The van der Waals surface area contributed by atoms with E-state index in [4.69, 9.17) is 5.11 Å². The Morgan fingerprint density at radius 1 is 1.03 bits per heavy atom. The van der Waals surface area contributed by atoms with Gasteiger partial charge < -0.3 is 9.84 Å². The van der Waals surface area contributed by atoms with E-state index in [2.05, 4.69) is 9.72 Å². The van der Waals surface area contributed by atoms with Gasteiger partial charge in [-0.1, -0.05) is 30.3 Å². The second-order valence-electron chi connectivity index (χ2n) is 6.53. The molecule has 0 atom stereocenters. The zero-order valence-electron chi connectivity index (χ0n) is 15.3. The van der Waals surface area contributed by atoms with Crippen LogP contribution in [0.15, 0.2) is 66.0 Å². The molecule has 0 spiro atoms. The molecule has 0 saturated heterocycles. The summed E-state index contributed by atoms with van der Waals surface area (Å²) in [7, 11) is 0. The smallest absolute Gasteiger partial charge is 0.481 e. The molecule has 1 heterocycles. The van der Waals surface area contributed by atoms with Crippen molar-refractivity contribution in [2.75, 3.05) is 0 Å². The number of nitrogens with zero attached hydrogens (tertiary/aromatic N) is 1. The number of rotatable bonds is 5. The second kappa shape index (κ2) is 7.79. The highest BCUT2D eigenvalue weighted by Gasteiger charge is 2.31. The molecule has 4 nitrogen and oxygen atoms in total. The third kappa shape index (κ3) is 4.44. The average molecular weight is 429 g/mol. The minimum absolute atomic E-state index is 0.0740. The van der Waals surface area contributed by atoms with Gasteiger partial charge in [-0.05, 0) is 46.7 Å². The fourth-order valence-corrected chi connectivity index (χ4v) is 3.99. The van der Waals surface area contributed by atoms with Crippen molar-refractivity contribution in [3.05, 3.63) is 71.6 Å². The Bertz CT molecular complexity index is 1220. The van der Waals surface area contributed by atoms with Crippen molar-refractivity contribution in [3.63, 3.8) is 0 Å². The van der Waals surface area contributed by atoms with Gasteiger partial charge in [0.05, 0.1) is 12.1 Å². The lowest BCUT2D eigenvalue weighted by molar-refractivity contribution is -0.274. The number of carboxylic acids is 1. The van der Waals surface area contributed by atoms with Crippen LogP contribution in [0.5, 0.6) is 5.75 Å². The lowest BCUT2D eigenvalue weighted by Crippen LogP contribution is -2.16. The molecule has 0 fully saturated rings. The Morgan fingerprint density at radius 3 is 2.47 bits per heavy atom. The van der Waals surface area contributed by atoms with Crippen molar-refractivity contribution in [3.8, 4) is 27.6 Å². The standard InChI is InChI=1S/C22H14F3NO3S/c23-22(24,25)29-17-8-6-14(7-9-17)21-26-19(12-30-21)16-5-4-13-2-1-3-15(11-20(27)28)18(13)10-16/h1-10,12H,11H2,(H,27,28). The minimum atomic E-state index is -4.73. The summed E-state index contributed by atoms with van der Waals surface area (Å²) >= 11 is 1.37. The maximum Gasteiger partial charge on any atom is 0.573 e. The molecule has 4 aromatic rings. The van der Waals surface area contributed by atoms with Crippen molar-refractivity contribution in [2.45, 2.75) is 12.8 Å². The van der Waals surface area contributed by atoms with Crippen LogP contribution in [-0.4, -0.2) is 22.4 Å². The van der Waals surface area contributed by atoms with Crippen molar-refractivity contribution in [2.24, 2.45) is 0 Å². The number of hydrogen-bond acceptors (Lipinski definition) is 4. The van der Waals surface area contributed by atoms with Gasteiger partial charge in [-0.25, -0.2) is 4.98 Å². The summed E-state index contributed by atoms with van der Waals surface area (Å²) in [6.07, 6.45) is -4.80. The number of fused-ring (bicyclic) bond motifs is 1. The maximum absolute atomic E-state index is 12.3. The van der Waals surface area contributed by atoms with Gasteiger partial charge in [-0.3, -0.25) is 4.79 Å². The van der Waals surface area contributed by atoms with Gasteiger partial charge in [0.1, 0.15) is 10.8 Å². The Kier molecular flexibility index (Phi) is 5.17. The molecule has 4 rings (SSSR count). The van der Waals surface area contributed by atoms with E-state index in [0.29, 0.717) is 16.3 Å². The summed E-state index contributed by atoms with van der Waals surface area (Å²) in [5, 5.41) is 13.4. The van der Waals surface area contributed by atoms with Gasteiger partial charge in [-0.2, -0.15) is 0 Å². The minimum Gasteiger partial charge on any atom is -0.481 e. The van der Waals surface area contributed by atoms with Crippen LogP contribution in [0.3, 0.4) is 0 Å². The lowest BCUT2D eigenvalue weighted by atomic mass is 9.99. The average Bonchev–Trinajstić information content (AvgIpc) is 3.17. The molecular weight excluding hydrogens is 415 g/mol. The maximum atomic E-state index is 12.3. The molecular formula is C22H14F3NO3S. The van der Waals surface area contributed by atoms with Crippen molar-refractivity contribution in [1.82, 2.24) is 4.98 Å². The third-order valence-corrected chi connectivity index (χ3v) is 5.34. The summed E-state index contributed by atoms with van der Waals surface area (Å²) in [5.74, 6) is -1.19. The number of halogens is 3. The molecule has 0 radical (unpaired) electrons. The predicted molar refractivity (Wildman–Crippen MR) is 109 cm³/mol. The number of aliphatic carboxylic acids is 1. The Labute approximate surface area is 173 Å². The molecule has 0 saturated carbocycles. The fourth-order valence-electron chi connectivity index (χ4n) is 3.15. The van der Waals surface area contributed by atoms with Crippen molar-refractivity contribution in [1.29, 1.82) is 0 Å². The van der Waals surface area contributed by atoms with E-state index in [1.54, 1.807) is 6.07 Å². The zero-order valence-corrected chi connectivity index (χ0v) is 16.1. The molecule has 0 aliphatic carbocycles. The number of carbonyl (C=O) groups is 1. The highest BCUT2D eigenvalue weighted by molar-refractivity contribution is 7.13. The van der Waals surface area contributed by atoms with Gasteiger partial charge in [0.25, 0.3) is 0 Å². The number of hydrogen-bond donors (Lipinski definition) is 1. The van der Waals surface area contributed by atoms with E-state index >= 15 is 0 Å². The molecule has 1 N–H and O–H groups in total. The highest BCUT2D eigenvalue weighted by Crippen LogP contribution is 2.33. The van der Waals surface area contributed by atoms with E-state index in [1.807, 2.05) is 35.7 Å². The van der Waals surface area contributed by atoms with Crippen LogP contribution in [0.4, 0.5) is 13.2 Å². The van der Waals surface area contributed by atoms with E-state index in [9.17, 15) is 18.0 Å². The molecule has 3 aromatic carbocycles. The molecule has 0 amide bonds. The Balaban J connectivity index is 1.64. The lowest BCUT2D eigenvalue weighted by Gasteiger charge is -2.08. The van der Waals surface area contributed by atoms with Gasteiger partial charge in [-0.15, -0.1) is 24.5 Å². The van der Waals surface area contributed by atoms with Gasteiger partial charge in [0, 0.05) is 16.5 Å². The van der Waals surface area contributed by atoms with Crippen LogP contribution in [0.2, 0.25) is 0 Å². The van der Waals surface area contributed by atoms with Gasteiger partial charge in [0.15, 0.2) is 0 Å². The quantitative estimate of drug-likeness (QED) is 0.413. The van der Waals surface area contributed by atoms with Crippen molar-refractivity contribution < 1.29 is 27.8 Å². The van der Waals surface area contributed by atoms with Crippen LogP contribution in [0.1, 0.15) is 5.56 Å². The number of ether oxygens (including phenoxy) is 1. The first-order valence-corrected chi connectivity index (χ1v) is 9.72. The van der Waals surface area contributed by atoms with E-state index in [-0.39, 0.29) is 12.2 Å². The molecule has 152 valence electrons. The number of carboxylic acid groups (broad SMARTS) is 1. The van der Waals surface area contributed by atoms with Crippen LogP contribution >= 0.6 is 11.3 Å². The van der Waals surface area contributed by atoms with Crippen LogP contribution in [0.25, 0.3) is 32.6 Å². The largest absolute Gasteiger partial charge is 0.573 e. The first-order valence-electron chi connectivity index (χ1n) is 8.84. The molecule has 0 aliphatic heterocycles. The molecule has 0 unspecified atom stereocenters. The molecule has 0 bridgehead atoms. The van der Waals surface area contributed by atoms with Gasteiger partial charge in [0.2, 0.25) is 0 Å². The summed E-state index contributed by atoms with van der Waals surface area (Å²) in [6.45, 7) is 0. The summed E-state index contributed by atoms with van der Waals surface area (Å²) in [4.78, 5) is 15.7. The summed E-state index contributed by atoms with van der Waals surface area (Å²) in [6, 6.07) is 16.8. The SMILES string of the molecule is O=C(O)Cc1cccc2ccc(-c3csc(-c4ccc(OC(F)(F)F)cc4)n3)cc12. The van der Waals surface area contributed by atoms with Gasteiger partial charge >= 0.3 is 12.3 Å². The zero-order chi connectivity index (χ0) is 21.3. The molecule has 8 heteroatoms. The van der Waals surface area contributed by atoms with E-state index < -0.39 is 12.3 Å². The Morgan fingerprint density at radius 2 is 1.77 bits per heavy atom. The summed E-state index contributed by atoms with van der Waals surface area (Å²) < 4.78 is 40.8. The first-order chi connectivity index (χ1) is 14.3. The second-order valence-corrected chi connectivity index (χ2v) is 7.39. The number of alkyl halides is 3. The molecule has 1 aromatic heterocycles. The monoisotopic (exact) mass is 429 g/mol. The normalized spacial score (nSPS) is 11.6. The number of aromatic nitrogens is 1. The van der Waals surface area contributed by atoms with Crippen LogP contribution < -0.4 is 4.74 Å². The first kappa shape index (κ1) is 19.9. The number of benzene rings is 3. The molecule has 0 aliphatic rings. The van der Waals surface area contributed by atoms with Crippen LogP contribution in [0, 0.1) is 0 Å². The fraction of sp³-hybridized carbons (Fsp3) is 0.0909.